The van der Waals surface area contributed by atoms with Gasteiger partial charge >= 0.3 is 0 Å². The van der Waals surface area contributed by atoms with Gasteiger partial charge in [-0.15, -0.1) is 11.8 Å². The number of anilines is 2. The lowest BCUT2D eigenvalue weighted by Crippen LogP contribution is -1.95. The Morgan fingerprint density at radius 1 is 1.38 bits per heavy atom. The van der Waals surface area contributed by atoms with Crippen molar-refractivity contribution in [2.75, 3.05) is 17.2 Å². The third kappa shape index (κ3) is 3.55. The Bertz CT molecular complexity index is 255. The number of hydrogen-bond donors (Lipinski definition) is 2. The molecule has 0 aliphatic heterocycles. The van der Waals surface area contributed by atoms with Crippen LogP contribution >= 0.6 is 11.8 Å². The third-order valence-electron chi connectivity index (χ3n) is 1.59. The number of unbranched alkanes of at least 4 members (excludes halogenated alkanes) is 1. The number of nitrogens with zero attached hydrogens (tertiary/aromatic N) is 1. The Labute approximate surface area is 82.9 Å². The summed E-state index contributed by atoms with van der Waals surface area (Å²) in [5, 5.41) is 0.922. The van der Waals surface area contributed by atoms with Gasteiger partial charge in [0, 0.05) is 11.8 Å². The van der Waals surface area contributed by atoms with Crippen LogP contribution in [0.3, 0.4) is 0 Å². The highest BCUT2D eigenvalue weighted by Crippen LogP contribution is 2.20. The third-order valence-corrected chi connectivity index (χ3v) is 2.59. The quantitative estimate of drug-likeness (QED) is 0.573. The highest BCUT2D eigenvalue weighted by Gasteiger charge is 1.98. The van der Waals surface area contributed by atoms with Gasteiger partial charge in [-0.1, -0.05) is 13.3 Å². The predicted molar refractivity (Wildman–Crippen MR) is 58.7 cm³/mol. The van der Waals surface area contributed by atoms with Crippen LogP contribution in [-0.4, -0.2) is 10.7 Å². The number of pyridine rings is 1. The Morgan fingerprint density at radius 2 is 2.15 bits per heavy atom. The van der Waals surface area contributed by atoms with E-state index < -0.39 is 0 Å². The van der Waals surface area contributed by atoms with Crippen molar-refractivity contribution in [3.8, 4) is 0 Å². The van der Waals surface area contributed by atoms with Crippen molar-refractivity contribution in [1.82, 2.24) is 4.98 Å². The monoisotopic (exact) mass is 197 g/mol. The minimum absolute atomic E-state index is 0.499. The largest absolute Gasteiger partial charge is 0.399 e. The molecule has 0 radical (unpaired) electrons. The van der Waals surface area contributed by atoms with E-state index in [0.717, 1.165) is 10.8 Å². The fourth-order valence-electron chi connectivity index (χ4n) is 0.942. The van der Waals surface area contributed by atoms with Crippen LogP contribution < -0.4 is 11.5 Å². The molecule has 0 amide bonds. The van der Waals surface area contributed by atoms with Gasteiger partial charge in [0.15, 0.2) is 0 Å². The summed E-state index contributed by atoms with van der Waals surface area (Å²) < 4.78 is 0. The number of rotatable bonds is 4. The molecule has 0 aliphatic rings. The van der Waals surface area contributed by atoms with Crippen LogP contribution in [0.15, 0.2) is 17.2 Å². The zero-order valence-corrected chi connectivity index (χ0v) is 8.60. The Morgan fingerprint density at radius 3 is 2.77 bits per heavy atom. The van der Waals surface area contributed by atoms with Gasteiger partial charge in [0.05, 0.1) is 0 Å². The van der Waals surface area contributed by atoms with Crippen LogP contribution in [-0.2, 0) is 0 Å². The van der Waals surface area contributed by atoms with Gasteiger partial charge in [-0.2, -0.15) is 0 Å². The Hall–Kier alpha value is -0.900. The second kappa shape index (κ2) is 4.97. The van der Waals surface area contributed by atoms with E-state index in [1.807, 2.05) is 6.07 Å². The first kappa shape index (κ1) is 10.2. The molecule has 13 heavy (non-hydrogen) atoms. The van der Waals surface area contributed by atoms with Gasteiger partial charge in [-0.05, 0) is 18.2 Å². The van der Waals surface area contributed by atoms with Gasteiger partial charge < -0.3 is 11.5 Å². The van der Waals surface area contributed by atoms with Gasteiger partial charge in [0.25, 0.3) is 0 Å². The number of hydrogen-bond acceptors (Lipinski definition) is 4. The SMILES string of the molecule is CCCCSc1cc(N)cc(N)n1. The number of aromatic nitrogens is 1. The zero-order valence-electron chi connectivity index (χ0n) is 7.79. The first-order valence-electron chi connectivity index (χ1n) is 4.38. The molecule has 1 aromatic heterocycles. The van der Waals surface area contributed by atoms with Gasteiger partial charge in [-0.25, -0.2) is 4.98 Å². The summed E-state index contributed by atoms with van der Waals surface area (Å²) >= 11 is 1.70. The van der Waals surface area contributed by atoms with E-state index in [0.29, 0.717) is 11.5 Å². The van der Waals surface area contributed by atoms with Gasteiger partial charge in [0.2, 0.25) is 0 Å². The van der Waals surface area contributed by atoms with Crippen LogP contribution in [0.4, 0.5) is 11.5 Å². The van der Waals surface area contributed by atoms with Gasteiger partial charge in [0.1, 0.15) is 10.8 Å². The second-order valence-electron chi connectivity index (χ2n) is 2.87. The summed E-state index contributed by atoms with van der Waals surface area (Å²) in [6.07, 6.45) is 2.39. The molecule has 1 heterocycles. The van der Waals surface area contributed by atoms with Crippen LogP contribution in [0.5, 0.6) is 0 Å². The van der Waals surface area contributed by atoms with Crippen LogP contribution in [0.25, 0.3) is 0 Å². The summed E-state index contributed by atoms with van der Waals surface area (Å²) in [6, 6.07) is 3.53. The van der Waals surface area contributed by atoms with Crippen molar-refractivity contribution in [3.63, 3.8) is 0 Å². The van der Waals surface area contributed by atoms with Crippen molar-refractivity contribution >= 4 is 23.3 Å². The lowest BCUT2D eigenvalue weighted by molar-refractivity contribution is 0.894. The van der Waals surface area contributed by atoms with Crippen LogP contribution in [0, 0.1) is 0 Å². The van der Waals surface area contributed by atoms with Crippen molar-refractivity contribution in [2.24, 2.45) is 0 Å². The molecular formula is C9H15N3S. The zero-order chi connectivity index (χ0) is 9.68. The molecule has 0 unspecified atom stereocenters. The predicted octanol–water partition coefficient (Wildman–Crippen LogP) is 2.14. The smallest absolute Gasteiger partial charge is 0.126 e. The average Bonchev–Trinajstić information content (AvgIpc) is 2.03. The summed E-state index contributed by atoms with van der Waals surface area (Å²) in [7, 11) is 0. The molecule has 0 saturated carbocycles. The minimum Gasteiger partial charge on any atom is -0.399 e. The molecule has 0 saturated heterocycles. The van der Waals surface area contributed by atoms with Crippen molar-refractivity contribution in [2.45, 2.75) is 24.8 Å². The molecular weight excluding hydrogens is 182 g/mol. The summed E-state index contributed by atoms with van der Waals surface area (Å²) in [6.45, 7) is 2.17. The van der Waals surface area contributed by atoms with E-state index in [9.17, 15) is 0 Å². The van der Waals surface area contributed by atoms with E-state index in [4.69, 9.17) is 11.5 Å². The van der Waals surface area contributed by atoms with Crippen molar-refractivity contribution in [1.29, 1.82) is 0 Å². The molecule has 4 heteroatoms. The normalized spacial score (nSPS) is 10.2. The molecule has 3 nitrogen and oxygen atoms in total. The fourth-order valence-corrected chi connectivity index (χ4v) is 1.97. The average molecular weight is 197 g/mol. The Balaban J connectivity index is 2.56. The van der Waals surface area contributed by atoms with Crippen LogP contribution in [0.1, 0.15) is 19.8 Å². The van der Waals surface area contributed by atoms with Crippen molar-refractivity contribution in [3.05, 3.63) is 12.1 Å². The molecule has 0 bridgehead atoms. The van der Waals surface area contributed by atoms with E-state index >= 15 is 0 Å². The molecule has 1 aromatic rings. The lowest BCUT2D eigenvalue weighted by atomic mass is 10.4. The van der Waals surface area contributed by atoms with E-state index in [-0.39, 0.29) is 0 Å². The Kier molecular flexibility index (Phi) is 3.89. The molecule has 72 valence electrons. The van der Waals surface area contributed by atoms with E-state index in [1.165, 1.54) is 12.8 Å². The topological polar surface area (TPSA) is 64.9 Å². The van der Waals surface area contributed by atoms with E-state index in [2.05, 4.69) is 11.9 Å². The molecule has 4 N–H and O–H groups in total. The molecule has 0 atom stereocenters. The fraction of sp³-hybridized carbons (Fsp3) is 0.444. The summed E-state index contributed by atoms with van der Waals surface area (Å²) in [5.41, 5.74) is 11.9. The molecule has 0 fully saturated rings. The van der Waals surface area contributed by atoms with E-state index in [1.54, 1.807) is 17.8 Å². The maximum absolute atomic E-state index is 5.63. The maximum Gasteiger partial charge on any atom is 0.126 e. The first-order chi connectivity index (χ1) is 6.22. The first-order valence-corrected chi connectivity index (χ1v) is 5.36. The molecule has 0 spiro atoms. The number of nitrogens with two attached hydrogens (primary N) is 2. The van der Waals surface area contributed by atoms with Crippen LogP contribution in [0.2, 0.25) is 0 Å². The summed E-state index contributed by atoms with van der Waals surface area (Å²) in [4.78, 5) is 4.17. The highest BCUT2D eigenvalue weighted by atomic mass is 32.2. The molecule has 0 aliphatic carbocycles. The standard InChI is InChI=1S/C9H15N3S/c1-2-3-4-13-9-6-7(10)5-8(11)12-9/h5-6H,2-4H2,1H3,(H4,10,11,12). The highest BCUT2D eigenvalue weighted by molar-refractivity contribution is 7.99. The van der Waals surface area contributed by atoms with Crippen molar-refractivity contribution < 1.29 is 0 Å². The maximum atomic E-state index is 5.63. The second-order valence-corrected chi connectivity index (χ2v) is 3.98. The minimum atomic E-state index is 0.499. The summed E-state index contributed by atoms with van der Waals surface area (Å²) in [5.74, 6) is 1.57. The molecule has 0 aromatic carbocycles. The number of thioether (sulfide) groups is 1. The lowest BCUT2D eigenvalue weighted by Gasteiger charge is -2.02. The number of nitrogen functional groups attached to an aromatic ring is 2. The van der Waals surface area contributed by atoms with Gasteiger partial charge in [-0.3, -0.25) is 0 Å². The molecule has 1 rings (SSSR count).